The van der Waals surface area contributed by atoms with E-state index >= 15 is 0 Å². The van der Waals surface area contributed by atoms with E-state index in [1.807, 2.05) is 0 Å². The summed E-state index contributed by atoms with van der Waals surface area (Å²) in [5.41, 5.74) is 1.81. The first-order chi connectivity index (χ1) is 14.6. The Labute approximate surface area is 180 Å². The van der Waals surface area contributed by atoms with Crippen LogP contribution in [-0.2, 0) is 11.3 Å². The number of rotatable bonds is 3. The molecule has 2 aromatic carbocycles. The van der Waals surface area contributed by atoms with E-state index in [4.69, 9.17) is 30.5 Å². The van der Waals surface area contributed by atoms with Crippen LogP contribution in [0.15, 0.2) is 53.6 Å². The number of thiophene rings is 1. The summed E-state index contributed by atoms with van der Waals surface area (Å²) in [6, 6.07) is 11.6. The normalized spacial score (nSPS) is 15.9. The van der Waals surface area contributed by atoms with Gasteiger partial charge in [-0.15, -0.1) is 11.3 Å². The molecule has 5 rings (SSSR count). The van der Waals surface area contributed by atoms with Crippen LogP contribution in [0.1, 0.15) is 31.2 Å². The maximum Gasteiger partial charge on any atom is 0.353 e. The minimum atomic E-state index is -0.463. The van der Waals surface area contributed by atoms with Gasteiger partial charge in [0, 0.05) is 22.2 Å². The molecule has 2 aliphatic rings. The molecular weight excluding hydrogens is 428 g/mol. The van der Waals surface area contributed by atoms with E-state index in [1.165, 1.54) is 17.4 Å². The fraction of sp³-hybridized carbons (Fsp3) is 0.0909. The molecule has 1 aromatic heterocycles. The topological polar surface area (TPSA) is 71.1 Å². The first kappa shape index (κ1) is 18.9. The minimum Gasteiger partial charge on any atom is -0.467 e. The molecule has 0 N–H and O–H groups in total. The summed E-state index contributed by atoms with van der Waals surface area (Å²) in [6.07, 6.45) is 1.59. The van der Waals surface area contributed by atoms with Crippen LogP contribution in [0.2, 0.25) is 5.02 Å². The van der Waals surface area contributed by atoms with Crippen LogP contribution >= 0.6 is 22.9 Å². The largest absolute Gasteiger partial charge is 0.467 e. The van der Waals surface area contributed by atoms with E-state index in [-0.39, 0.29) is 18.3 Å². The third-order valence-electron chi connectivity index (χ3n) is 4.56. The van der Waals surface area contributed by atoms with Crippen molar-refractivity contribution in [2.75, 3.05) is 6.79 Å². The Balaban J connectivity index is 1.43. The van der Waals surface area contributed by atoms with E-state index < -0.39 is 5.97 Å². The summed E-state index contributed by atoms with van der Waals surface area (Å²) in [4.78, 5) is 25.4. The van der Waals surface area contributed by atoms with Gasteiger partial charge >= 0.3 is 5.97 Å². The number of carbonyl (C=O) groups excluding carboxylic acids is 2. The Morgan fingerprint density at radius 2 is 2.10 bits per heavy atom. The summed E-state index contributed by atoms with van der Waals surface area (Å²) in [5.74, 6) is 0.615. The van der Waals surface area contributed by atoms with Crippen molar-refractivity contribution in [3.8, 4) is 17.2 Å². The molecule has 2 aliphatic heterocycles. The van der Waals surface area contributed by atoms with E-state index in [1.54, 1.807) is 47.9 Å². The molecule has 6 nitrogen and oxygen atoms in total. The molecule has 8 heteroatoms. The fourth-order valence-corrected chi connectivity index (χ4v) is 4.09. The highest BCUT2D eigenvalue weighted by Gasteiger charge is 2.29. The zero-order chi connectivity index (χ0) is 20.7. The van der Waals surface area contributed by atoms with Crippen LogP contribution in [0.3, 0.4) is 0 Å². The standard InChI is InChI=1S/C22H13ClO6S/c23-14-6-12(21-13(7-14)10-26-11-27-21)8-18-20(24)16-4-3-15(9-17(16)29-18)28-22(25)19-2-1-5-30-19/h1-9H,10-11H2/b18-8-. The fourth-order valence-electron chi connectivity index (χ4n) is 3.24. The number of hydrogen-bond acceptors (Lipinski definition) is 7. The second kappa shape index (κ2) is 7.60. The van der Waals surface area contributed by atoms with Crippen molar-refractivity contribution < 1.29 is 28.5 Å². The van der Waals surface area contributed by atoms with Crippen LogP contribution in [0.4, 0.5) is 0 Å². The number of esters is 1. The number of Topliss-reactive ketones (excluding diaryl/α,β-unsaturated/α-hetero) is 1. The van der Waals surface area contributed by atoms with Crippen molar-refractivity contribution in [3.05, 3.63) is 80.2 Å². The van der Waals surface area contributed by atoms with Crippen molar-refractivity contribution in [3.63, 3.8) is 0 Å². The molecule has 0 bridgehead atoms. The number of hydrogen-bond donors (Lipinski definition) is 0. The summed E-state index contributed by atoms with van der Waals surface area (Å²) >= 11 is 7.48. The van der Waals surface area contributed by atoms with Gasteiger partial charge < -0.3 is 18.9 Å². The van der Waals surface area contributed by atoms with E-state index in [0.29, 0.717) is 44.9 Å². The first-order valence-corrected chi connectivity index (χ1v) is 10.2. The zero-order valence-corrected chi connectivity index (χ0v) is 16.9. The highest BCUT2D eigenvalue weighted by Crippen LogP contribution is 2.38. The Bertz CT molecular complexity index is 1200. The number of carbonyl (C=O) groups is 2. The third-order valence-corrected chi connectivity index (χ3v) is 5.63. The summed E-state index contributed by atoms with van der Waals surface area (Å²) in [6.45, 7) is 0.499. The molecule has 0 radical (unpaired) electrons. The number of ketones is 1. The lowest BCUT2D eigenvalue weighted by Gasteiger charge is -2.20. The summed E-state index contributed by atoms with van der Waals surface area (Å²) in [5, 5.41) is 2.29. The van der Waals surface area contributed by atoms with Gasteiger partial charge in [-0.2, -0.15) is 0 Å². The van der Waals surface area contributed by atoms with Crippen LogP contribution in [0, 0.1) is 0 Å². The maximum absolute atomic E-state index is 12.8. The van der Waals surface area contributed by atoms with Gasteiger partial charge in [0.25, 0.3) is 0 Å². The average molecular weight is 441 g/mol. The molecule has 3 heterocycles. The molecule has 0 unspecified atom stereocenters. The molecule has 0 amide bonds. The summed E-state index contributed by atoms with van der Waals surface area (Å²) < 4.78 is 22.0. The van der Waals surface area contributed by atoms with Crippen LogP contribution < -0.4 is 14.2 Å². The van der Waals surface area contributed by atoms with Gasteiger partial charge in [0.2, 0.25) is 5.78 Å². The first-order valence-electron chi connectivity index (χ1n) is 8.95. The molecule has 0 saturated heterocycles. The highest BCUT2D eigenvalue weighted by atomic mass is 35.5. The lowest BCUT2D eigenvalue weighted by Crippen LogP contribution is -2.12. The lowest BCUT2D eigenvalue weighted by atomic mass is 10.1. The predicted octanol–water partition coefficient (Wildman–Crippen LogP) is 5.10. The lowest BCUT2D eigenvalue weighted by molar-refractivity contribution is -0.0165. The Morgan fingerprint density at radius 1 is 1.20 bits per heavy atom. The second-order valence-electron chi connectivity index (χ2n) is 6.56. The van der Waals surface area contributed by atoms with Crippen LogP contribution in [0.5, 0.6) is 17.2 Å². The predicted molar refractivity (Wildman–Crippen MR) is 110 cm³/mol. The number of ether oxygens (including phenoxy) is 4. The molecule has 0 spiro atoms. The van der Waals surface area contributed by atoms with Crippen molar-refractivity contribution >= 4 is 40.8 Å². The van der Waals surface area contributed by atoms with Crippen LogP contribution in [0.25, 0.3) is 6.08 Å². The molecule has 150 valence electrons. The quantitative estimate of drug-likeness (QED) is 0.320. The Morgan fingerprint density at radius 3 is 2.93 bits per heavy atom. The SMILES string of the molecule is O=C(Oc1ccc2c(c1)O/C(=C\c1cc(Cl)cc3c1OCOC3)C2=O)c1cccs1. The molecule has 0 atom stereocenters. The van der Waals surface area contributed by atoms with Crippen molar-refractivity contribution in [2.45, 2.75) is 6.61 Å². The van der Waals surface area contributed by atoms with E-state index in [9.17, 15) is 9.59 Å². The van der Waals surface area contributed by atoms with Gasteiger partial charge in [-0.3, -0.25) is 4.79 Å². The molecule has 3 aromatic rings. The van der Waals surface area contributed by atoms with E-state index in [2.05, 4.69) is 0 Å². The minimum absolute atomic E-state index is 0.124. The monoisotopic (exact) mass is 440 g/mol. The van der Waals surface area contributed by atoms with Gasteiger partial charge in [0.15, 0.2) is 12.6 Å². The smallest absolute Gasteiger partial charge is 0.353 e. The second-order valence-corrected chi connectivity index (χ2v) is 7.94. The molecular formula is C22H13ClO6S. The highest BCUT2D eigenvalue weighted by molar-refractivity contribution is 7.12. The molecule has 0 fully saturated rings. The maximum atomic E-state index is 12.8. The van der Waals surface area contributed by atoms with Gasteiger partial charge in [-0.1, -0.05) is 17.7 Å². The molecule has 30 heavy (non-hydrogen) atoms. The van der Waals surface area contributed by atoms with Crippen molar-refractivity contribution in [1.82, 2.24) is 0 Å². The van der Waals surface area contributed by atoms with Crippen molar-refractivity contribution in [2.24, 2.45) is 0 Å². The number of halogens is 1. The van der Waals surface area contributed by atoms with Gasteiger partial charge in [0.05, 0.1) is 12.2 Å². The third kappa shape index (κ3) is 3.47. The number of allylic oxidation sites excluding steroid dienone is 1. The number of fused-ring (bicyclic) bond motifs is 2. The molecule has 0 saturated carbocycles. The Kier molecular flexibility index (Phi) is 4.78. The zero-order valence-electron chi connectivity index (χ0n) is 15.3. The average Bonchev–Trinajstić information content (AvgIpc) is 3.37. The number of benzene rings is 2. The van der Waals surface area contributed by atoms with Gasteiger partial charge in [0.1, 0.15) is 22.1 Å². The Hall–Kier alpha value is -3.13. The van der Waals surface area contributed by atoms with E-state index in [0.717, 1.165) is 5.56 Å². The van der Waals surface area contributed by atoms with Gasteiger partial charge in [-0.05, 0) is 41.8 Å². The van der Waals surface area contributed by atoms with Crippen molar-refractivity contribution in [1.29, 1.82) is 0 Å². The van der Waals surface area contributed by atoms with Crippen LogP contribution in [-0.4, -0.2) is 18.5 Å². The molecule has 0 aliphatic carbocycles. The summed E-state index contributed by atoms with van der Waals surface area (Å²) in [7, 11) is 0. The van der Waals surface area contributed by atoms with Gasteiger partial charge in [-0.25, -0.2) is 4.79 Å².